The van der Waals surface area contributed by atoms with Gasteiger partial charge >= 0.3 is 5.97 Å². The number of hydrogen-bond acceptors (Lipinski definition) is 4. The molecule has 0 heterocycles. The summed E-state index contributed by atoms with van der Waals surface area (Å²) in [6, 6.07) is -0.764. The van der Waals surface area contributed by atoms with Crippen LogP contribution in [0.4, 0.5) is 0 Å². The summed E-state index contributed by atoms with van der Waals surface area (Å²) < 4.78 is 21.6. The van der Waals surface area contributed by atoms with E-state index in [0.717, 1.165) is 6.26 Å². The number of aliphatic carboxylic acids is 1. The van der Waals surface area contributed by atoms with E-state index in [4.69, 9.17) is 5.11 Å². The molecule has 0 amide bonds. The summed E-state index contributed by atoms with van der Waals surface area (Å²) in [5.41, 5.74) is 0. The number of nitrogens with one attached hydrogen (secondary N) is 1. The van der Waals surface area contributed by atoms with Crippen LogP contribution in [0.1, 0.15) is 20.3 Å². The van der Waals surface area contributed by atoms with Crippen molar-refractivity contribution in [2.75, 3.05) is 12.0 Å². The number of sulfone groups is 1. The average molecular weight is 223 g/mol. The summed E-state index contributed by atoms with van der Waals surface area (Å²) in [6.45, 7) is 3.63. The molecule has 2 N–H and O–H groups in total. The van der Waals surface area contributed by atoms with Gasteiger partial charge < -0.3 is 10.4 Å². The highest BCUT2D eigenvalue weighted by Gasteiger charge is 2.19. The van der Waals surface area contributed by atoms with Crippen molar-refractivity contribution < 1.29 is 18.3 Å². The molecule has 0 aliphatic heterocycles. The fourth-order valence-corrected chi connectivity index (χ4v) is 1.68. The van der Waals surface area contributed by atoms with E-state index in [2.05, 4.69) is 5.32 Å². The minimum Gasteiger partial charge on any atom is -0.480 e. The third-order valence-corrected chi connectivity index (χ3v) is 2.59. The third-order valence-electron chi connectivity index (χ3n) is 1.61. The summed E-state index contributed by atoms with van der Waals surface area (Å²) in [5, 5.41) is 11.5. The maximum atomic E-state index is 10.8. The van der Waals surface area contributed by atoms with Gasteiger partial charge in [-0.05, 0) is 6.42 Å². The van der Waals surface area contributed by atoms with E-state index in [0.29, 0.717) is 0 Å². The number of rotatable bonds is 6. The van der Waals surface area contributed by atoms with Gasteiger partial charge in [-0.25, -0.2) is 8.42 Å². The van der Waals surface area contributed by atoms with Gasteiger partial charge in [0, 0.05) is 12.3 Å². The van der Waals surface area contributed by atoms with Gasteiger partial charge in [0.05, 0.1) is 5.75 Å². The third kappa shape index (κ3) is 6.85. The second kappa shape index (κ2) is 5.31. The predicted molar refractivity (Wildman–Crippen MR) is 54.0 cm³/mol. The Balaban J connectivity index is 4.18. The van der Waals surface area contributed by atoms with Crippen LogP contribution in [0.25, 0.3) is 0 Å². The Labute approximate surface area is 84.4 Å². The lowest BCUT2D eigenvalue weighted by Crippen LogP contribution is -2.41. The molecule has 0 aromatic rings. The first-order valence-corrected chi connectivity index (χ1v) is 6.45. The van der Waals surface area contributed by atoms with Crippen LogP contribution in [0.15, 0.2) is 0 Å². The quantitative estimate of drug-likeness (QED) is 0.655. The fraction of sp³-hybridized carbons (Fsp3) is 0.875. The fourth-order valence-electron chi connectivity index (χ4n) is 1.01. The molecule has 0 radical (unpaired) electrons. The molecule has 84 valence electrons. The standard InChI is InChI=1S/C8H17NO4S/c1-6(2)9-7(8(10)11)4-5-14(3,12)13/h6-7,9H,4-5H2,1-3H3,(H,10,11). The molecule has 0 rings (SSSR count). The van der Waals surface area contributed by atoms with Gasteiger partial charge in [0.1, 0.15) is 15.9 Å². The van der Waals surface area contributed by atoms with Crippen LogP contribution in [-0.4, -0.2) is 43.6 Å². The molecular weight excluding hydrogens is 206 g/mol. The van der Waals surface area contributed by atoms with E-state index < -0.39 is 21.8 Å². The Hall–Kier alpha value is -0.620. The normalized spacial score (nSPS) is 14.3. The Kier molecular flexibility index (Phi) is 5.07. The van der Waals surface area contributed by atoms with E-state index in [1.54, 1.807) is 0 Å². The molecule has 14 heavy (non-hydrogen) atoms. The zero-order chi connectivity index (χ0) is 11.4. The maximum Gasteiger partial charge on any atom is 0.320 e. The van der Waals surface area contributed by atoms with Crippen LogP contribution in [0.5, 0.6) is 0 Å². The van der Waals surface area contributed by atoms with E-state index in [1.165, 1.54) is 0 Å². The molecule has 5 nitrogen and oxygen atoms in total. The number of carboxylic acids is 1. The molecule has 0 aliphatic rings. The monoisotopic (exact) mass is 223 g/mol. The lowest BCUT2D eigenvalue weighted by Gasteiger charge is -2.16. The van der Waals surface area contributed by atoms with Crippen LogP contribution in [-0.2, 0) is 14.6 Å². The predicted octanol–water partition coefficient (Wildman–Crippen LogP) is -0.128. The van der Waals surface area contributed by atoms with Gasteiger partial charge in [0.15, 0.2) is 0 Å². The Morgan fingerprint density at radius 1 is 1.43 bits per heavy atom. The van der Waals surface area contributed by atoms with Crippen molar-refractivity contribution in [3.05, 3.63) is 0 Å². The van der Waals surface area contributed by atoms with Gasteiger partial charge in [0.2, 0.25) is 0 Å². The van der Waals surface area contributed by atoms with Gasteiger partial charge in [-0.2, -0.15) is 0 Å². The number of carbonyl (C=O) groups is 1. The summed E-state index contributed by atoms with van der Waals surface area (Å²) >= 11 is 0. The van der Waals surface area contributed by atoms with E-state index in [1.807, 2.05) is 13.8 Å². The molecule has 0 spiro atoms. The zero-order valence-corrected chi connectivity index (χ0v) is 9.47. The van der Waals surface area contributed by atoms with Crippen molar-refractivity contribution in [2.24, 2.45) is 0 Å². The first kappa shape index (κ1) is 13.4. The van der Waals surface area contributed by atoms with Crippen LogP contribution >= 0.6 is 0 Å². The van der Waals surface area contributed by atoms with Crippen molar-refractivity contribution in [3.63, 3.8) is 0 Å². The second-order valence-corrected chi connectivity index (χ2v) is 5.89. The van der Waals surface area contributed by atoms with Crippen molar-refractivity contribution in [2.45, 2.75) is 32.4 Å². The van der Waals surface area contributed by atoms with Gasteiger partial charge in [-0.15, -0.1) is 0 Å². The number of hydrogen-bond donors (Lipinski definition) is 2. The SMILES string of the molecule is CC(C)NC(CCS(C)(=O)=O)C(=O)O. The highest BCUT2D eigenvalue weighted by Crippen LogP contribution is 1.98. The summed E-state index contributed by atoms with van der Waals surface area (Å²) in [4.78, 5) is 10.7. The molecule has 0 bridgehead atoms. The van der Waals surface area contributed by atoms with Crippen molar-refractivity contribution in [3.8, 4) is 0 Å². The van der Waals surface area contributed by atoms with E-state index >= 15 is 0 Å². The van der Waals surface area contributed by atoms with Crippen molar-refractivity contribution in [1.82, 2.24) is 5.32 Å². The van der Waals surface area contributed by atoms with E-state index in [-0.39, 0.29) is 18.2 Å². The summed E-state index contributed by atoms with van der Waals surface area (Å²) in [5.74, 6) is -1.12. The van der Waals surface area contributed by atoms with Gasteiger partial charge in [0.25, 0.3) is 0 Å². The molecule has 1 atom stereocenters. The highest BCUT2D eigenvalue weighted by atomic mass is 32.2. The molecule has 0 saturated heterocycles. The number of carboxylic acid groups (broad SMARTS) is 1. The largest absolute Gasteiger partial charge is 0.480 e. The Morgan fingerprint density at radius 2 is 1.93 bits per heavy atom. The van der Waals surface area contributed by atoms with Gasteiger partial charge in [-0.3, -0.25) is 4.79 Å². The Bertz CT molecular complexity index is 284. The van der Waals surface area contributed by atoms with Crippen molar-refractivity contribution >= 4 is 15.8 Å². The lowest BCUT2D eigenvalue weighted by atomic mass is 10.2. The van der Waals surface area contributed by atoms with Gasteiger partial charge in [-0.1, -0.05) is 13.8 Å². The highest BCUT2D eigenvalue weighted by molar-refractivity contribution is 7.90. The molecule has 0 aromatic carbocycles. The first-order valence-electron chi connectivity index (χ1n) is 4.39. The molecule has 6 heteroatoms. The molecule has 0 fully saturated rings. The minimum absolute atomic E-state index is 0.0238. The van der Waals surface area contributed by atoms with E-state index in [9.17, 15) is 13.2 Å². The second-order valence-electron chi connectivity index (χ2n) is 3.63. The molecule has 0 aliphatic carbocycles. The van der Waals surface area contributed by atoms with Crippen LogP contribution in [0.2, 0.25) is 0 Å². The van der Waals surface area contributed by atoms with Crippen LogP contribution in [0.3, 0.4) is 0 Å². The summed E-state index contributed by atoms with van der Waals surface area (Å²) in [6.07, 6.45) is 1.20. The molecule has 0 saturated carbocycles. The van der Waals surface area contributed by atoms with Crippen LogP contribution < -0.4 is 5.32 Å². The Morgan fingerprint density at radius 3 is 2.21 bits per heavy atom. The van der Waals surface area contributed by atoms with Crippen LogP contribution in [0, 0.1) is 0 Å². The average Bonchev–Trinajstić information content (AvgIpc) is 1.94. The zero-order valence-electron chi connectivity index (χ0n) is 8.65. The van der Waals surface area contributed by atoms with Crippen molar-refractivity contribution in [1.29, 1.82) is 0 Å². The topological polar surface area (TPSA) is 83.5 Å². The molecule has 1 unspecified atom stereocenters. The maximum absolute atomic E-state index is 10.8. The smallest absolute Gasteiger partial charge is 0.320 e. The lowest BCUT2D eigenvalue weighted by molar-refractivity contribution is -0.139. The summed E-state index contributed by atoms with van der Waals surface area (Å²) in [7, 11) is -3.09. The first-order chi connectivity index (χ1) is 6.22. The molecular formula is C8H17NO4S. The molecule has 0 aromatic heterocycles. The minimum atomic E-state index is -3.09.